The van der Waals surface area contributed by atoms with Crippen LogP contribution in [0.15, 0.2) is 0 Å². The Kier molecular flexibility index (Phi) is 3.58. The molecule has 3 heteroatoms. The van der Waals surface area contributed by atoms with Crippen LogP contribution in [0.3, 0.4) is 0 Å². The summed E-state index contributed by atoms with van der Waals surface area (Å²) in [7, 11) is 0. The molecule has 0 aromatic heterocycles. The van der Waals surface area contributed by atoms with E-state index in [0.29, 0.717) is 6.10 Å². The van der Waals surface area contributed by atoms with E-state index in [1.54, 1.807) is 0 Å². The summed E-state index contributed by atoms with van der Waals surface area (Å²) in [4.78, 5) is 0. The molecule has 1 heterocycles. The fraction of sp³-hybridized carbons (Fsp3) is 1.00. The Bertz CT molecular complexity index is 139. The van der Waals surface area contributed by atoms with Gasteiger partial charge in [-0.05, 0) is 25.7 Å². The molecule has 0 bridgehead atoms. The van der Waals surface area contributed by atoms with Crippen LogP contribution in [0, 0.1) is 0 Å². The highest BCUT2D eigenvalue weighted by Gasteiger charge is 2.19. The van der Waals surface area contributed by atoms with E-state index in [-0.39, 0.29) is 6.29 Å². The maximum Gasteiger partial charge on any atom is 0.159 e. The number of ether oxygens (including phenoxy) is 3. The van der Waals surface area contributed by atoms with Gasteiger partial charge >= 0.3 is 0 Å². The van der Waals surface area contributed by atoms with Crippen LogP contribution in [0.4, 0.5) is 0 Å². The minimum absolute atomic E-state index is 0.00572. The van der Waals surface area contributed by atoms with Gasteiger partial charge in [0.2, 0.25) is 0 Å². The SMILES string of the molecule is C1COC(CCOC2CCC2)OC1. The highest BCUT2D eigenvalue weighted by atomic mass is 16.7. The quantitative estimate of drug-likeness (QED) is 0.669. The summed E-state index contributed by atoms with van der Waals surface area (Å²) in [5, 5.41) is 0. The topological polar surface area (TPSA) is 27.7 Å². The van der Waals surface area contributed by atoms with Gasteiger partial charge in [-0.15, -0.1) is 0 Å². The predicted octanol–water partition coefficient (Wildman–Crippen LogP) is 1.71. The smallest absolute Gasteiger partial charge is 0.159 e. The molecule has 0 spiro atoms. The molecule has 0 atom stereocenters. The third kappa shape index (κ3) is 2.93. The van der Waals surface area contributed by atoms with Gasteiger partial charge in [0.05, 0.1) is 25.9 Å². The number of hydrogen-bond donors (Lipinski definition) is 0. The average Bonchev–Trinajstić information content (AvgIpc) is 2.11. The van der Waals surface area contributed by atoms with Gasteiger partial charge in [-0.3, -0.25) is 0 Å². The van der Waals surface area contributed by atoms with E-state index >= 15 is 0 Å². The minimum atomic E-state index is -0.00572. The Morgan fingerprint density at radius 1 is 1.08 bits per heavy atom. The van der Waals surface area contributed by atoms with E-state index in [9.17, 15) is 0 Å². The molecular formula is C10H18O3. The molecule has 0 aromatic carbocycles. The molecule has 2 rings (SSSR count). The maximum atomic E-state index is 5.62. The van der Waals surface area contributed by atoms with Crippen molar-refractivity contribution in [3.63, 3.8) is 0 Å². The molecule has 2 aliphatic rings. The molecular weight excluding hydrogens is 168 g/mol. The molecule has 1 saturated carbocycles. The fourth-order valence-electron chi connectivity index (χ4n) is 1.57. The van der Waals surface area contributed by atoms with E-state index in [1.807, 2.05) is 0 Å². The van der Waals surface area contributed by atoms with Gasteiger partial charge in [-0.2, -0.15) is 0 Å². The first-order chi connectivity index (χ1) is 6.45. The van der Waals surface area contributed by atoms with Gasteiger partial charge in [-0.25, -0.2) is 0 Å². The molecule has 0 amide bonds. The standard InChI is InChI=1S/C10H18O3/c1-3-9(4-1)11-8-5-10-12-6-2-7-13-10/h9-10H,1-8H2. The second-order valence-corrected chi connectivity index (χ2v) is 3.74. The van der Waals surface area contributed by atoms with Gasteiger partial charge in [0.1, 0.15) is 0 Å². The van der Waals surface area contributed by atoms with Crippen LogP contribution in [-0.2, 0) is 14.2 Å². The van der Waals surface area contributed by atoms with Crippen LogP contribution in [0.5, 0.6) is 0 Å². The lowest BCUT2D eigenvalue weighted by Gasteiger charge is -2.27. The molecule has 0 radical (unpaired) electrons. The van der Waals surface area contributed by atoms with Gasteiger partial charge in [0.15, 0.2) is 6.29 Å². The molecule has 0 unspecified atom stereocenters. The van der Waals surface area contributed by atoms with Crippen molar-refractivity contribution in [2.45, 2.75) is 44.5 Å². The zero-order valence-electron chi connectivity index (χ0n) is 8.04. The molecule has 13 heavy (non-hydrogen) atoms. The van der Waals surface area contributed by atoms with Crippen molar-refractivity contribution in [3.05, 3.63) is 0 Å². The van der Waals surface area contributed by atoms with Gasteiger partial charge in [0, 0.05) is 6.42 Å². The normalized spacial score (nSPS) is 25.8. The summed E-state index contributed by atoms with van der Waals surface area (Å²) in [6.07, 6.45) is 6.26. The third-order valence-corrected chi connectivity index (χ3v) is 2.66. The Hall–Kier alpha value is -0.120. The summed E-state index contributed by atoms with van der Waals surface area (Å²) < 4.78 is 16.4. The van der Waals surface area contributed by atoms with Crippen molar-refractivity contribution in [2.24, 2.45) is 0 Å². The zero-order chi connectivity index (χ0) is 8.93. The zero-order valence-corrected chi connectivity index (χ0v) is 8.04. The van der Waals surface area contributed by atoms with Gasteiger partial charge in [0.25, 0.3) is 0 Å². The first-order valence-corrected chi connectivity index (χ1v) is 5.30. The second-order valence-electron chi connectivity index (χ2n) is 3.74. The van der Waals surface area contributed by atoms with Crippen LogP contribution in [0.25, 0.3) is 0 Å². The van der Waals surface area contributed by atoms with Gasteiger partial charge in [-0.1, -0.05) is 0 Å². The van der Waals surface area contributed by atoms with E-state index in [0.717, 1.165) is 32.7 Å². The minimum Gasteiger partial charge on any atom is -0.378 e. The van der Waals surface area contributed by atoms with E-state index in [2.05, 4.69) is 0 Å². The molecule has 3 nitrogen and oxygen atoms in total. The first kappa shape index (κ1) is 9.44. The van der Waals surface area contributed by atoms with Crippen molar-refractivity contribution >= 4 is 0 Å². The Balaban J connectivity index is 1.50. The molecule has 1 aliphatic carbocycles. The second kappa shape index (κ2) is 4.94. The summed E-state index contributed by atoms with van der Waals surface area (Å²) in [5.74, 6) is 0. The maximum absolute atomic E-state index is 5.62. The van der Waals surface area contributed by atoms with E-state index < -0.39 is 0 Å². The van der Waals surface area contributed by atoms with Crippen LogP contribution in [0.1, 0.15) is 32.1 Å². The average molecular weight is 186 g/mol. The van der Waals surface area contributed by atoms with Crippen LogP contribution >= 0.6 is 0 Å². The molecule has 0 aromatic rings. The summed E-state index contributed by atoms with van der Waals surface area (Å²) in [5.41, 5.74) is 0. The van der Waals surface area contributed by atoms with Crippen molar-refractivity contribution in [2.75, 3.05) is 19.8 Å². The Morgan fingerprint density at radius 3 is 2.46 bits per heavy atom. The highest BCUT2D eigenvalue weighted by molar-refractivity contribution is 4.69. The Labute approximate surface area is 79.4 Å². The molecule has 1 aliphatic heterocycles. The van der Waals surface area contributed by atoms with Crippen molar-refractivity contribution < 1.29 is 14.2 Å². The monoisotopic (exact) mass is 186 g/mol. The molecule has 1 saturated heterocycles. The van der Waals surface area contributed by atoms with E-state index in [4.69, 9.17) is 14.2 Å². The van der Waals surface area contributed by atoms with E-state index in [1.165, 1.54) is 19.3 Å². The molecule has 2 fully saturated rings. The summed E-state index contributed by atoms with van der Waals surface area (Å²) in [6, 6.07) is 0. The Morgan fingerprint density at radius 2 is 1.85 bits per heavy atom. The van der Waals surface area contributed by atoms with Gasteiger partial charge < -0.3 is 14.2 Å². The van der Waals surface area contributed by atoms with Crippen LogP contribution in [0.2, 0.25) is 0 Å². The highest BCUT2D eigenvalue weighted by Crippen LogP contribution is 2.22. The lowest BCUT2D eigenvalue weighted by Crippen LogP contribution is -2.28. The number of rotatable bonds is 4. The largest absolute Gasteiger partial charge is 0.378 e. The van der Waals surface area contributed by atoms with Crippen molar-refractivity contribution in [1.29, 1.82) is 0 Å². The summed E-state index contributed by atoms with van der Waals surface area (Å²) >= 11 is 0. The van der Waals surface area contributed by atoms with Crippen LogP contribution < -0.4 is 0 Å². The molecule has 76 valence electrons. The molecule has 0 N–H and O–H groups in total. The summed E-state index contributed by atoms with van der Waals surface area (Å²) in [6.45, 7) is 2.47. The predicted molar refractivity (Wildman–Crippen MR) is 48.5 cm³/mol. The first-order valence-electron chi connectivity index (χ1n) is 5.30. The third-order valence-electron chi connectivity index (χ3n) is 2.66. The van der Waals surface area contributed by atoms with Crippen molar-refractivity contribution in [3.8, 4) is 0 Å². The fourth-order valence-corrected chi connectivity index (χ4v) is 1.57. The van der Waals surface area contributed by atoms with Crippen molar-refractivity contribution in [1.82, 2.24) is 0 Å². The lowest BCUT2D eigenvalue weighted by atomic mass is 9.96. The lowest BCUT2D eigenvalue weighted by molar-refractivity contribution is -0.189. The van der Waals surface area contributed by atoms with Crippen LogP contribution in [-0.4, -0.2) is 32.2 Å². The number of hydrogen-bond acceptors (Lipinski definition) is 3.